The van der Waals surface area contributed by atoms with Gasteiger partial charge in [-0.2, -0.15) is 0 Å². The molecule has 2 aromatic carbocycles. The van der Waals surface area contributed by atoms with Crippen LogP contribution >= 0.6 is 0 Å². The lowest BCUT2D eigenvalue weighted by molar-refractivity contribution is 0.0601. The number of methoxy groups -OCH3 is 3. The maximum absolute atomic E-state index is 11.6. The topological polar surface area (TPSA) is 60.6 Å². The average Bonchev–Trinajstić information content (AvgIpc) is 3.03. The van der Waals surface area contributed by atoms with Crippen molar-refractivity contribution in [3.05, 3.63) is 48.0 Å². The van der Waals surface area contributed by atoms with Crippen LogP contribution in [0.15, 0.2) is 42.5 Å². The molecular formula is C18H17NO4. The molecule has 0 aliphatic heterocycles. The van der Waals surface area contributed by atoms with Gasteiger partial charge in [-0.15, -0.1) is 0 Å². The Hall–Kier alpha value is -2.95. The van der Waals surface area contributed by atoms with E-state index in [1.807, 2.05) is 30.3 Å². The highest BCUT2D eigenvalue weighted by atomic mass is 16.5. The highest BCUT2D eigenvalue weighted by Crippen LogP contribution is 2.33. The second-order valence-corrected chi connectivity index (χ2v) is 5.05. The van der Waals surface area contributed by atoms with E-state index < -0.39 is 0 Å². The van der Waals surface area contributed by atoms with Gasteiger partial charge in [-0.1, -0.05) is 6.07 Å². The van der Waals surface area contributed by atoms with Gasteiger partial charge in [0.2, 0.25) is 0 Å². The van der Waals surface area contributed by atoms with Crippen LogP contribution in [0.4, 0.5) is 0 Å². The Morgan fingerprint density at radius 1 is 0.913 bits per heavy atom. The summed E-state index contributed by atoms with van der Waals surface area (Å²) in [5, 5.41) is 1.02. The minimum absolute atomic E-state index is 0.353. The Morgan fingerprint density at radius 2 is 1.70 bits per heavy atom. The average molecular weight is 311 g/mol. The van der Waals surface area contributed by atoms with Crippen LogP contribution in [-0.4, -0.2) is 32.3 Å². The molecule has 1 aromatic heterocycles. The van der Waals surface area contributed by atoms with Gasteiger partial charge in [0.15, 0.2) is 11.5 Å². The molecular weight excluding hydrogens is 294 g/mol. The number of aromatic nitrogens is 1. The summed E-state index contributed by atoms with van der Waals surface area (Å²) < 4.78 is 15.3. The molecule has 3 rings (SSSR count). The minimum Gasteiger partial charge on any atom is -0.493 e. The third kappa shape index (κ3) is 2.73. The summed E-state index contributed by atoms with van der Waals surface area (Å²) in [6.07, 6.45) is 0. The van der Waals surface area contributed by atoms with Crippen LogP contribution in [0.1, 0.15) is 10.4 Å². The van der Waals surface area contributed by atoms with Crippen molar-refractivity contribution in [2.75, 3.05) is 21.3 Å². The molecule has 0 saturated carbocycles. The van der Waals surface area contributed by atoms with Crippen LogP contribution in [0.25, 0.3) is 22.2 Å². The molecule has 0 bridgehead atoms. The van der Waals surface area contributed by atoms with E-state index in [9.17, 15) is 4.79 Å². The molecule has 1 N–H and O–H groups in total. The number of hydrogen-bond acceptors (Lipinski definition) is 4. The van der Waals surface area contributed by atoms with Gasteiger partial charge in [-0.3, -0.25) is 0 Å². The highest BCUT2D eigenvalue weighted by Gasteiger charge is 2.11. The van der Waals surface area contributed by atoms with Crippen LogP contribution in [0.5, 0.6) is 11.5 Å². The number of H-pyrrole nitrogens is 1. The smallest absolute Gasteiger partial charge is 0.337 e. The molecule has 0 aliphatic rings. The lowest BCUT2D eigenvalue weighted by Gasteiger charge is -2.08. The van der Waals surface area contributed by atoms with Gasteiger partial charge >= 0.3 is 5.97 Å². The molecule has 0 spiro atoms. The zero-order valence-corrected chi connectivity index (χ0v) is 13.2. The monoisotopic (exact) mass is 311 g/mol. The number of esters is 1. The number of hydrogen-bond donors (Lipinski definition) is 1. The van der Waals surface area contributed by atoms with Gasteiger partial charge in [0.05, 0.1) is 26.9 Å². The van der Waals surface area contributed by atoms with Crippen molar-refractivity contribution in [3.8, 4) is 22.8 Å². The summed E-state index contributed by atoms with van der Waals surface area (Å²) in [5.74, 6) is 0.994. The quantitative estimate of drug-likeness (QED) is 0.747. The molecule has 0 fully saturated rings. The SMILES string of the molecule is COC(=O)c1ccc2cc(-c3ccc(OC)c(OC)c3)[nH]c2c1. The summed E-state index contributed by atoms with van der Waals surface area (Å²) in [7, 11) is 4.58. The maximum atomic E-state index is 11.6. The number of nitrogens with one attached hydrogen (secondary N) is 1. The predicted octanol–water partition coefficient (Wildman–Crippen LogP) is 3.64. The van der Waals surface area contributed by atoms with Gasteiger partial charge in [0, 0.05) is 22.2 Å². The van der Waals surface area contributed by atoms with E-state index in [1.165, 1.54) is 7.11 Å². The molecule has 0 aliphatic carbocycles. The Kier molecular flexibility index (Phi) is 3.93. The molecule has 0 unspecified atom stereocenters. The second-order valence-electron chi connectivity index (χ2n) is 5.05. The molecule has 23 heavy (non-hydrogen) atoms. The Bertz CT molecular complexity index is 867. The van der Waals surface area contributed by atoms with E-state index >= 15 is 0 Å². The van der Waals surface area contributed by atoms with Gasteiger partial charge in [0.1, 0.15) is 0 Å². The van der Waals surface area contributed by atoms with Crippen molar-refractivity contribution in [2.45, 2.75) is 0 Å². The van der Waals surface area contributed by atoms with Crippen LogP contribution in [-0.2, 0) is 4.74 Å². The number of rotatable bonds is 4. The molecule has 3 aromatic rings. The standard InChI is InChI=1S/C18H17NO4/c1-21-16-7-6-12(10-17(16)22-2)14-8-11-4-5-13(18(20)23-3)9-15(11)19-14/h4-10,19H,1-3H3. The van der Waals surface area contributed by atoms with Crippen LogP contribution < -0.4 is 9.47 Å². The molecule has 118 valence electrons. The highest BCUT2D eigenvalue weighted by molar-refractivity contribution is 5.95. The lowest BCUT2D eigenvalue weighted by Crippen LogP contribution is -2.00. The normalized spacial score (nSPS) is 10.6. The van der Waals surface area contributed by atoms with Crippen LogP contribution in [0.2, 0.25) is 0 Å². The Labute approximate surface area is 133 Å². The number of ether oxygens (including phenoxy) is 3. The number of benzene rings is 2. The van der Waals surface area contributed by atoms with E-state index in [0.717, 1.165) is 22.2 Å². The minimum atomic E-state index is -0.353. The van der Waals surface area contributed by atoms with Crippen LogP contribution in [0, 0.1) is 0 Å². The first kappa shape index (κ1) is 15.0. The van der Waals surface area contributed by atoms with Crippen molar-refractivity contribution in [1.29, 1.82) is 0 Å². The fourth-order valence-electron chi connectivity index (χ4n) is 2.53. The molecule has 0 radical (unpaired) electrons. The van der Waals surface area contributed by atoms with Crippen molar-refractivity contribution in [2.24, 2.45) is 0 Å². The molecule has 5 nitrogen and oxygen atoms in total. The second kappa shape index (κ2) is 6.04. The van der Waals surface area contributed by atoms with Crippen molar-refractivity contribution >= 4 is 16.9 Å². The van der Waals surface area contributed by atoms with E-state index in [1.54, 1.807) is 26.4 Å². The lowest BCUT2D eigenvalue weighted by atomic mass is 10.1. The summed E-state index contributed by atoms with van der Waals surface area (Å²) in [6.45, 7) is 0. The van der Waals surface area contributed by atoms with E-state index in [2.05, 4.69) is 4.98 Å². The molecule has 0 amide bonds. The number of aromatic amines is 1. The zero-order valence-electron chi connectivity index (χ0n) is 13.2. The van der Waals surface area contributed by atoms with Gasteiger partial charge in [-0.05, 0) is 36.4 Å². The fraction of sp³-hybridized carbons (Fsp3) is 0.167. The summed E-state index contributed by atoms with van der Waals surface area (Å²) in [5.41, 5.74) is 3.29. The van der Waals surface area contributed by atoms with Gasteiger partial charge in [0.25, 0.3) is 0 Å². The Balaban J connectivity index is 2.05. The fourth-order valence-corrected chi connectivity index (χ4v) is 2.53. The molecule has 0 atom stereocenters. The van der Waals surface area contributed by atoms with Crippen molar-refractivity contribution in [3.63, 3.8) is 0 Å². The molecule has 1 heterocycles. The van der Waals surface area contributed by atoms with Gasteiger partial charge in [-0.25, -0.2) is 4.79 Å². The summed E-state index contributed by atoms with van der Waals surface area (Å²) >= 11 is 0. The largest absolute Gasteiger partial charge is 0.493 e. The number of fused-ring (bicyclic) bond motifs is 1. The predicted molar refractivity (Wildman–Crippen MR) is 88.2 cm³/mol. The van der Waals surface area contributed by atoms with Crippen molar-refractivity contribution < 1.29 is 19.0 Å². The number of carbonyl (C=O) groups is 1. The first-order valence-electron chi connectivity index (χ1n) is 7.09. The van der Waals surface area contributed by atoms with E-state index in [4.69, 9.17) is 14.2 Å². The van der Waals surface area contributed by atoms with E-state index in [-0.39, 0.29) is 5.97 Å². The first-order valence-corrected chi connectivity index (χ1v) is 7.09. The first-order chi connectivity index (χ1) is 11.2. The van der Waals surface area contributed by atoms with Crippen molar-refractivity contribution in [1.82, 2.24) is 4.98 Å². The van der Waals surface area contributed by atoms with Crippen LogP contribution in [0.3, 0.4) is 0 Å². The third-order valence-electron chi connectivity index (χ3n) is 3.74. The molecule has 5 heteroatoms. The zero-order chi connectivity index (χ0) is 16.4. The maximum Gasteiger partial charge on any atom is 0.337 e. The van der Waals surface area contributed by atoms with E-state index in [0.29, 0.717) is 17.1 Å². The molecule has 0 saturated heterocycles. The summed E-state index contributed by atoms with van der Waals surface area (Å²) in [4.78, 5) is 14.9. The third-order valence-corrected chi connectivity index (χ3v) is 3.74. The number of carbonyl (C=O) groups excluding carboxylic acids is 1. The van der Waals surface area contributed by atoms with Gasteiger partial charge < -0.3 is 19.2 Å². The Morgan fingerprint density at radius 3 is 2.39 bits per heavy atom. The summed E-state index contributed by atoms with van der Waals surface area (Å²) in [6, 6.07) is 13.2.